The molecule has 3 aromatic rings. The SMILES string of the molecule is Cc1ccc([C@@](O)(Cn2cncn2)[C@@H](C)c2ncncc2F)c(C)c1. The van der Waals surface area contributed by atoms with Crippen LogP contribution in [0.5, 0.6) is 0 Å². The second kappa shape index (κ2) is 6.68. The Labute approximate surface area is 145 Å². The number of benzene rings is 1. The van der Waals surface area contributed by atoms with Crippen LogP contribution in [0.2, 0.25) is 0 Å². The van der Waals surface area contributed by atoms with Crippen molar-refractivity contribution in [3.63, 3.8) is 0 Å². The van der Waals surface area contributed by atoms with Gasteiger partial charge < -0.3 is 5.11 Å². The fourth-order valence-corrected chi connectivity index (χ4v) is 3.18. The average molecular weight is 341 g/mol. The van der Waals surface area contributed by atoms with Crippen molar-refractivity contribution in [2.75, 3.05) is 0 Å². The van der Waals surface area contributed by atoms with E-state index in [1.807, 2.05) is 32.0 Å². The van der Waals surface area contributed by atoms with Gasteiger partial charge in [0.15, 0.2) is 5.82 Å². The summed E-state index contributed by atoms with van der Waals surface area (Å²) in [4.78, 5) is 11.7. The van der Waals surface area contributed by atoms with Gasteiger partial charge in [0, 0.05) is 5.92 Å². The third-order valence-corrected chi connectivity index (χ3v) is 4.54. The van der Waals surface area contributed by atoms with Gasteiger partial charge in [-0.2, -0.15) is 5.10 Å². The Morgan fingerprint density at radius 3 is 2.68 bits per heavy atom. The topological polar surface area (TPSA) is 76.7 Å². The predicted octanol–water partition coefficient (Wildman–Crippen LogP) is 2.52. The zero-order chi connectivity index (χ0) is 18.0. The lowest BCUT2D eigenvalue weighted by Crippen LogP contribution is -2.38. The molecule has 0 aliphatic rings. The molecule has 1 N–H and O–H groups in total. The van der Waals surface area contributed by atoms with Gasteiger partial charge in [-0.1, -0.05) is 30.7 Å². The van der Waals surface area contributed by atoms with Gasteiger partial charge >= 0.3 is 0 Å². The number of rotatable bonds is 5. The number of hydrogen-bond donors (Lipinski definition) is 1. The molecule has 0 radical (unpaired) electrons. The van der Waals surface area contributed by atoms with Crippen LogP contribution in [0.25, 0.3) is 0 Å². The molecule has 6 nitrogen and oxygen atoms in total. The summed E-state index contributed by atoms with van der Waals surface area (Å²) in [5, 5.41) is 15.7. The number of nitrogens with zero attached hydrogens (tertiary/aromatic N) is 5. The minimum atomic E-state index is -1.42. The third-order valence-electron chi connectivity index (χ3n) is 4.54. The van der Waals surface area contributed by atoms with E-state index < -0.39 is 17.3 Å². The molecule has 0 unspecified atom stereocenters. The first-order valence-electron chi connectivity index (χ1n) is 7.99. The molecular weight excluding hydrogens is 321 g/mol. The Morgan fingerprint density at radius 1 is 1.24 bits per heavy atom. The first-order chi connectivity index (χ1) is 11.9. The van der Waals surface area contributed by atoms with E-state index in [1.54, 1.807) is 6.92 Å². The summed E-state index contributed by atoms with van der Waals surface area (Å²) in [5.41, 5.74) is 1.46. The van der Waals surface area contributed by atoms with Crippen LogP contribution in [0.15, 0.2) is 43.4 Å². The van der Waals surface area contributed by atoms with E-state index >= 15 is 0 Å². The molecule has 2 aromatic heterocycles. The van der Waals surface area contributed by atoms with Gasteiger partial charge in [-0.15, -0.1) is 0 Å². The highest BCUT2D eigenvalue weighted by Crippen LogP contribution is 2.39. The van der Waals surface area contributed by atoms with Crippen LogP contribution in [0, 0.1) is 19.7 Å². The molecule has 0 saturated carbocycles. The van der Waals surface area contributed by atoms with Gasteiger partial charge in [0.05, 0.1) is 18.4 Å². The first-order valence-corrected chi connectivity index (χ1v) is 7.99. The van der Waals surface area contributed by atoms with Crippen molar-refractivity contribution in [2.45, 2.75) is 38.8 Å². The number of aromatic nitrogens is 5. The lowest BCUT2D eigenvalue weighted by Gasteiger charge is -2.35. The van der Waals surface area contributed by atoms with Gasteiger partial charge in [0.25, 0.3) is 0 Å². The van der Waals surface area contributed by atoms with Crippen LogP contribution in [0.3, 0.4) is 0 Å². The van der Waals surface area contributed by atoms with E-state index in [4.69, 9.17) is 0 Å². The maximum atomic E-state index is 14.3. The summed E-state index contributed by atoms with van der Waals surface area (Å²) in [7, 11) is 0. The van der Waals surface area contributed by atoms with Crippen LogP contribution < -0.4 is 0 Å². The molecule has 0 bridgehead atoms. The first kappa shape index (κ1) is 17.2. The summed E-state index contributed by atoms with van der Waals surface area (Å²) in [6.07, 6.45) is 5.32. The molecule has 0 amide bonds. The van der Waals surface area contributed by atoms with Crippen LogP contribution in [0.1, 0.15) is 35.2 Å². The maximum absolute atomic E-state index is 14.3. The van der Waals surface area contributed by atoms with Crippen molar-refractivity contribution in [3.05, 3.63) is 71.6 Å². The number of halogens is 1. The quantitative estimate of drug-likeness (QED) is 0.772. The highest BCUT2D eigenvalue weighted by atomic mass is 19.1. The number of aliphatic hydroxyl groups is 1. The van der Waals surface area contributed by atoms with E-state index in [0.29, 0.717) is 5.56 Å². The number of aryl methyl sites for hydroxylation is 2. The van der Waals surface area contributed by atoms with Gasteiger partial charge in [-0.25, -0.2) is 24.0 Å². The molecule has 0 aliphatic carbocycles. The van der Waals surface area contributed by atoms with Gasteiger partial charge in [0.1, 0.15) is 24.6 Å². The fourth-order valence-electron chi connectivity index (χ4n) is 3.18. The van der Waals surface area contributed by atoms with Crippen molar-refractivity contribution in [2.24, 2.45) is 0 Å². The highest BCUT2D eigenvalue weighted by Gasteiger charge is 2.40. The molecule has 0 spiro atoms. The normalized spacial score (nSPS) is 14.9. The van der Waals surface area contributed by atoms with Crippen LogP contribution in [0.4, 0.5) is 4.39 Å². The second-order valence-electron chi connectivity index (χ2n) is 6.31. The highest BCUT2D eigenvalue weighted by molar-refractivity contribution is 5.37. The zero-order valence-electron chi connectivity index (χ0n) is 14.4. The Morgan fingerprint density at radius 2 is 2.04 bits per heavy atom. The predicted molar refractivity (Wildman–Crippen MR) is 90.2 cm³/mol. The van der Waals surface area contributed by atoms with Gasteiger partial charge in [-0.3, -0.25) is 0 Å². The molecule has 1 aromatic carbocycles. The molecule has 0 fully saturated rings. The van der Waals surface area contributed by atoms with E-state index in [1.165, 1.54) is 23.7 Å². The van der Waals surface area contributed by atoms with Crippen LogP contribution in [-0.4, -0.2) is 29.8 Å². The summed E-state index contributed by atoms with van der Waals surface area (Å²) in [6.45, 7) is 5.79. The molecule has 2 atom stereocenters. The third kappa shape index (κ3) is 3.28. The molecule has 0 aliphatic heterocycles. The summed E-state index contributed by atoms with van der Waals surface area (Å²) < 4.78 is 15.8. The van der Waals surface area contributed by atoms with Crippen molar-refractivity contribution in [1.82, 2.24) is 24.7 Å². The minimum Gasteiger partial charge on any atom is -0.383 e. The molecule has 7 heteroatoms. The Bertz CT molecular complexity index is 868. The van der Waals surface area contributed by atoms with Gasteiger partial charge in [-0.05, 0) is 25.0 Å². The molecule has 130 valence electrons. The Hall–Kier alpha value is -2.67. The molecular formula is C18H20FN5O. The Balaban J connectivity index is 2.13. The minimum absolute atomic E-state index is 0.126. The van der Waals surface area contributed by atoms with E-state index in [0.717, 1.165) is 17.3 Å². The van der Waals surface area contributed by atoms with Crippen molar-refractivity contribution >= 4 is 0 Å². The van der Waals surface area contributed by atoms with Crippen molar-refractivity contribution < 1.29 is 9.50 Å². The monoisotopic (exact) mass is 341 g/mol. The summed E-state index contributed by atoms with van der Waals surface area (Å²) in [5.74, 6) is -1.17. The summed E-state index contributed by atoms with van der Waals surface area (Å²) >= 11 is 0. The van der Waals surface area contributed by atoms with E-state index in [2.05, 4.69) is 20.1 Å². The van der Waals surface area contributed by atoms with Crippen molar-refractivity contribution in [3.8, 4) is 0 Å². The average Bonchev–Trinajstić information content (AvgIpc) is 3.07. The van der Waals surface area contributed by atoms with E-state index in [9.17, 15) is 9.50 Å². The molecule has 3 rings (SSSR count). The Kier molecular flexibility index (Phi) is 4.59. The number of hydrogen-bond acceptors (Lipinski definition) is 5. The molecule has 0 saturated heterocycles. The molecule has 25 heavy (non-hydrogen) atoms. The van der Waals surface area contributed by atoms with Crippen molar-refractivity contribution in [1.29, 1.82) is 0 Å². The van der Waals surface area contributed by atoms with Gasteiger partial charge in [0.2, 0.25) is 0 Å². The van der Waals surface area contributed by atoms with E-state index in [-0.39, 0.29) is 12.2 Å². The maximum Gasteiger partial charge on any atom is 0.163 e. The zero-order valence-corrected chi connectivity index (χ0v) is 14.4. The lowest BCUT2D eigenvalue weighted by molar-refractivity contribution is -0.0108. The lowest BCUT2D eigenvalue weighted by atomic mass is 9.78. The molecule has 2 heterocycles. The van der Waals surface area contributed by atoms with Crippen LogP contribution >= 0.6 is 0 Å². The largest absolute Gasteiger partial charge is 0.383 e. The fraction of sp³-hybridized carbons (Fsp3) is 0.333. The standard InChI is InChI=1S/C18H20FN5O/c1-12-4-5-15(13(2)6-12)18(25,8-24-11-21-10-23-24)14(3)17-16(19)7-20-9-22-17/h4-7,9-11,14,25H,8H2,1-3H3/t14-,18+/m0/s1. The summed E-state index contributed by atoms with van der Waals surface area (Å²) in [6, 6.07) is 5.79. The smallest absolute Gasteiger partial charge is 0.163 e. The second-order valence-corrected chi connectivity index (χ2v) is 6.31. The van der Waals surface area contributed by atoms with Crippen LogP contribution in [-0.2, 0) is 12.1 Å².